The van der Waals surface area contributed by atoms with Gasteiger partial charge in [0.2, 0.25) is 0 Å². The van der Waals surface area contributed by atoms with E-state index in [1.54, 1.807) is 48.5 Å². The Morgan fingerprint density at radius 1 is 1.00 bits per heavy atom. The lowest BCUT2D eigenvalue weighted by Gasteiger charge is -2.12. The summed E-state index contributed by atoms with van der Waals surface area (Å²) in [5.41, 5.74) is 1.09. The van der Waals surface area contributed by atoms with Gasteiger partial charge in [-0.1, -0.05) is 57.9 Å². The smallest absolute Gasteiger partial charge is 0.266 e. The molecule has 0 spiro atoms. The number of hydrogen-bond donors (Lipinski definition) is 2. The summed E-state index contributed by atoms with van der Waals surface area (Å²) >= 11 is 9.39. The molecule has 9 heteroatoms. The summed E-state index contributed by atoms with van der Waals surface area (Å²) in [6.45, 7) is 0. The molecule has 3 aromatic carbocycles. The lowest BCUT2D eigenvalue weighted by molar-refractivity contribution is -0.112. The average Bonchev–Trinajstić information content (AvgIpc) is 2.75. The molecule has 3 rings (SSSR count). The predicted molar refractivity (Wildman–Crippen MR) is 125 cm³/mol. The van der Waals surface area contributed by atoms with Crippen molar-refractivity contribution in [1.82, 2.24) is 0 Å². The van der Waals surface area contributed by atoms with Gasteiger partial charge in [0.1, 0.15) is 16.5 Å². The molecule has 0 unspecified atom stereocenters. The Balaban J connectivity index is 1.85. The Morgan fingerprint density at radius 3 is 2.29 bits per heavy atom. The largest absolute Gasteiger partial charge is 0.321 e. The Bertz CT molecular complexity index is 1290. The quantitative estimate of drug-likeness (QED) is 0.336. The van der Waals surface area contributed by atoms with Crippen LogP contribution in [0.1, 0.15) is 5.56 Å². The van der Waals surface area contributed by atoms with Crippen molar-refractivity contribution in [3.63, 3.8) is 0 Å². The fourth-order valence-electron chi connectivity index (χ4n) is 2.58. The summed E-state index contributed by atoms with van der Waals surface area (Å²) in [6.07, 6.45) is 1.44. The molecule has 31 heavy (non-hydrogen) atoms. The fourth-order valence-corrected chi connectivity index (χ4v) is 4.43. The predicted octanol–water partition coefficient (Wildman–Crippen LogP) is 5.45. The summed E-state index contributed by atoms with van der Waals surface area (Å²) in [7, 11) is -4.02. The van der Waals surface area contributed by atoms with E-state index >= 15 is 0 Å². The van der Waals surface area contributed by atoms with E-state index in [1.807, 2.05) is 12.1 Å². The van der Waals surface area contributed by atoms with Gasteiger partial charge < -0.3 is 5.32 Å². The van der Waals surface area contributed by atoms with Crippen molar-refractivity contribution in [2.75, 3.05) is 10.0 Å². The zero-order valence-corrected chi connectivity index (χ0v) is 19.0. The minimum Gasteiger partial charge on any atom is -0.321 e. The molecule has 0 saturated carbocycles. The van der Waals surface area contributed by atoms with Crippen LogP contribution in [0, 0.1) is 11.3 Å². The molecular weight excluding hydrogens is 502 g/mol. The molecule has 0 saturated heterocycles. The number of hydrogen-bond acceptors (Lipinski definition) is 4. The van der Waals surface area contributed by atoms with Gasteiger partial charge in [-0.2, -0.15) is 5.26 Å². The molecule has 0 aromatic heterocycles. The molecule has 156 valence electrons. The van der Waals surface area contributed by atoms with E-state index < -0.39 is 15.9 Å². The highest BCUT2D eigenvalue weighted by atomic mass is 79.9. The number of carbonyl (C=O) groups excluding carboxylic acids is 1. The number of halogens is 2. The lowest BCUT2D eigenvalue weighted by atomic mass is 10.1. The SMILES string of the molecule is N#C/C(=C/c1ccccc1)C(=O)Nc1ccc(Cl)c(S(=O)(=O)Nc2ccc(Br)cc2)c1. The minimum atomic E-state index is -4.02. The number of carbonyl (C=O) groups is 1. The van der Waals surface area contributed by atoms with Crippen LogP contribution in [0.2, 0.25) is 5.02 Å². The van der Waals surface area contributed by atoms with Gasteiger partial charge in [-0.3, -0.25) is 9.52 Å². The van der Waals surface area contributed by atoms with E-state index in [9.17, 15) is 18.5 Å². The van der Waals surface area contributed by atoms with Gasteiger partial charge in [-0.25, -0.2) is 8.42 Å². The number of nitrogens with zero attached hydrogens (tertiary/aromatic N) is 1. The Kier molecular flexibility index (Phi) is 7.13. The molecule has 6 nitrogen and oxygen atoms in total. The third-order valence-electron chi connectivity index (χ3n) is 4.05. The first-order valence-electron chi connectivity index (χ1n) is 8.84. The number of nitriles is 1. The highest BCUT2D eigenvalue weighted by Crippen LogP contribution is 2.27. The number of rotatable bonds is 6. The van der Waals surface area contributed by atoms with Crippen molar-refractivity contribution < 1.29 is 13.2 Å². The zero-order valence-electron chi connectivity index (χ0n) is 15.8. The van der Waals surface area contributed by atoms with Gasteiger partial charge in [-0.15, -0.1) is 0 Å². The minimum absolute atomic E-state index is 0.0112. The molecule has 1 amide bonds. The molecule has 0 heterocycles. The second-order valence-corrected chi connectivity index (χ2v) is 9.27. The highest BCUT2D eigenvalue weighted by molar-refractivity contribution is 9.10. The molecule has 0 aliphatic heterocycles. The van der Waals surface area contributed by atoms with Gasteiger partial charge >= 0.3 is 0 Å². The number of nitrogens with one attached hydrogen (secondary N) is 2. The maximum absolute atomic E-state index is 12.8. The van der Waals surface area contributed by atoms with Crippen LogP contribution in [0.5, 0.6) is 0 Å². The van der Waals surface area contributed by atoms with Crippen LogP contribution in [0.15, 0.2) is 87.7 Å². The molecule has 0 fully saturated rings. The summed E-state index contributed by atoms with van der Waals surface area (Å²) < 4.78 is 28.8. The second kappa shape index (κ2) is 9.79. The average molecular weight is 517 g/mol. The molecular formula is C22H15BrClN3O3S. The monoisotopic (exact) mass is 515 g/mol. The maximum Gasteiger partial charge on any atom is 0.266 e. The van der Waals surface area contributed by atoms with Gasteiger partial charge in [-0.05, 0) is 54.1 Å². The summed E-state index contributed by atoms with van der Waals surface area (Å²) in [4.78, 5) is 12.3. The van der Waals surface area contributed by atoms with E-state index in [0.717, 1.165) is 4.47 Å². The Morgan fingerprint density at radius 2 is 1.65 bits per heavy atom. The van der Waals surface area contributed by atoms with E-state index in [4.69, 9.17) is 11.6 Å². The van der Waals surface area contributed by atoms with Crippen LogP contribution in [0.4, 0.5) is 11.4 Å². The molecule has 0 aliphatic rings. The number of sulfonamides is 1. The van der Waals surface area contributed by atoms with E-state index in [2.05, 4.69) is 26.0 Å². The van der Waals surface area contributed by atoms with Crippen LogP contribution in [0.25, 0.3) is 6.08 Å². The van der Waals surface area contributed by atoms with Crippen LogP contribution < -0.4 is 10.0 Å². The van der Waals surface area contributed by atoms with Crippen LogP contribution in [-0.4, -0.2) is 14.3 Å². The van der Waals surface area contributed by atoms with Crippen LogP contribution in [0.3, 0.4) is 0 Å². The van der Waals surface area contributed by atoms with E-state index in [1.165, 1.54) is 24.3 Å². The second-order valence-electron chi connectivity index (χ2n) is 6.29. The molecule has 2 N–H and O–H groups in total. The van der Waals surface area contributed by atoms with Crippen molar-refractivity contribution in [1.29, 1.82) is 5.26 Å². The topological polar surface area (TPSA) is 99.1 Å². The normalized spacial score (nSPS) is 11.5. The standard InChI is InChI=1S/C22H15BrClN3O3S/c23-17-6-8-18(9-7-17)27-31(29,30)21-13-19(10-11-20(21)24)26-22(28)16(14-25)12-15-4-2-1-3-5-15/h1-13,27H,(H,26,28)/b16-12-. The molecule has 0 radical (unpaired) electrons. The van der Waals surface area contributed by atoms with Crippen molar-refractivity contribution in [2.45, 2.75) is 4.90 Å². The van der Waals surface area contributed by atoms with E-state index in [0.29, 0.717) is 11.3 Å². The van der Waals surface area contributed by atoms with Gasteiger partial charge in [0, 0.05) is 15.8 Å². The Hall–Kier alpha value is -3.12. The van der Waals surface area contributed by atoms with E-state index in [-0.39, 0.29) is 21.2 Å². The molecule has 3 aromatic rings. The third-order valence-corrected chi connectivity index (χ3v) is 6.44. The first-order valence-corrected chi connectivity index (χ1v) is 11.5. The Labute approximate surface area is 193 Å². The summed E-state index contributed by atoms with van der Waals surface area (Å²) in [6, 6.07) is 21.4. The summed E-state index contributed by atoms with van der Waals surface area (Å²) in [5, 5.41) is 11.9. The van der Waals surface area contributed by atoms with Crippen molar-refractivity contribution in [2.24, 2.45) is 0 Å². The first-order chi connectivity index (χ1) is 14.8. The van der Waals surface area contributed by atoms with Crippen molar-refractivity contribution in [3.8, 4) is 6.07 Å². The highest BCUT2D eigenvalue weighted by Gasteiger charge is 2.20. The number of anilines is 2. The maximum atomic E-state index is 12.8. The van der Waals surface area contributed by atoms with Crippen LogP contribution >= 0.6 is 27.5 Å². The van der Waals surface area contributed by atoms with Crippen LogP contribution in [-0.2, 0) is 14.8 Å². The van der Waals surface area contributed by atoms with Gasteiger partial charge in [0.15, 0.2) is 0 Å². The van der Waals surface area contributed by atoms with Gasteiger partial charge in [0.25, 0.3) is 15.9 Å². The molecule has 0 bridgehead atoms. The van der Waals surface area contributed by atoms with Gasteiger partial charge in [0.05, 0.1) is 5.02 Å². The molecule has 0 aliphatic carbocycles. The zero-order chi connectivity index (χ0) is 22.4. The third kappa shape index (κ3) is 5.95. The molecule has 0 atom stereocenters. The first kappa shape index (κ1) is 22.6. The van der Waals surface area contributed by atoms with Crippen molar-refractivity contribution >= 4 is 60.9 Å². The number of amides is 1. The van der Waals surface area contributed by atoms with Crippen molar-refractivity contribution in [3.05, 3.63) is 93.4 Å². The lowest BCUT2D eigenvalue weighted by Crippen LogP contribution is -2.16. The number of benzene rings is 3. The summed E-state index contributed by atoms with van der Waals surface area (Å²) in [5.74, 6) is -0.669. The fraction of sp³-hybridized carbons (Fsp3) is 0.